The van der Waals surface area contributed by atoms with Crippen LogP contribution in [0.2, 0.25) is 0 Å². The summed E-state index contributed by atoms with van der Waals surface area (Å²) in [7, 11) is 1.57. The third-order valence-electron chi connectivity index (χ3n) is 4.00. The number of fused-ring (bicyclic) bond motifs is 1. The molecule has 2 N–H and O–H groups in total. The number of hydrogen-bond donors (Lipinski definition) is 2. The summed E-state index contributed by atoms with van der Waals surface area (Å²) in [5.74, 6) is 0.677. The van der Waals surface area contributed by atoms with Gasteiger partial charge in [-0.3, -0.25) is 4.79 Å². The molecule has 0 aliphatic carbocycles. The second-order valence-corrected chi connectivity index (χ2v) is 5.75. The van der Waals surface area contributed by atoms with Crippen LogP contribution in [0.15, 0.2) is 59.7 Å². The van der Waals surface area contributed by atoms with E-state index in [1.807, 2.05) is 31.2 Å². The van der Waals surface area contributed by atoms with Crippen molar-refractivity contribution >= 4 is 22.9 Å². The molecule has 138 valence electrons. The molecule has 0 aliphatic heterocycles. The minimum Gasteiger partial charge on any atom is -0.507 e. The number of carbonyl (C=O) groups excluding carboxylic acids is 1. The Labute approximate surface area is 157 Å². The number of amides is 1. The summed E-state index contributed by atoms with van der Waals surface area (Å²) >= 11 is 0. The average molecular weight is 364 g/mol. The maximum Gasteiger partial charge on any atom is 0.275 e. The van der Waals surface area contributed by atoms with Gasteiger partial charge in [0, 0.05) is 5.56 Å². The third kappa shape index (κ3) is 4.17. The number of nitrogens with one attached hydrogen (secondary N) is 1. The van der Waals surface area contributed by atoms with Crippen LogP contribution in [0.5, 0.6) is 17.2 Å². The predicted octanol–water partition coefficient (Wildman–Crippen LogP) is 3.72. The van der Waals surface area contributed by atoms with Gasteiger partial charge in [-0.1, -0.05) is 24.3 Å². The summed E-state index contributed by atoms with van der Waals surface area (Å²) < 4.78 is 10.8. The lowest BCUT2D eigenvalue weighted by Crippen LogP contribution is -2.17. The molecule has 0 fully saturated rings. The van der Waals surface area contributed by atoms with Crippen molar-refractivity contribution in [2.75, 3.05) is 13.7 Å². The minimum atomic E-state index is -0.504. The molecular formula is C21H20N2O4. The van der Waals surface area contributed by atoms with Gasteiger partial charge in [0.05, 0.1) is 25.5 Å². The zero-order chi connectivity index (χ0) is 19.2. The Morgan fingerprint density at radius 1 is 1.15 bits per heavy atom. The molecule has 0 aliphatic rings. The number of phenols is 1. The fraction of sp³-hybridized carbons (Fsp3) is 0.143. The maximum absolute atomic E-state index is 12.4. The highest BCUT2D eigenvalue weighted by atomic mass is 16.5. The highest BCUT2D eigenvalue weighted by Gasteiger charge is 2.12. The molecule has 1 amide bonds. The Hall–Kier alpha value is -3.54. The molecule has 0 bridgehead atoms. The molecule has 27 heavy (non-hydrogen) atoms. The smallest absolute Gasteiger partial charge is 0.275 e. The first-order chi connectivity index (χ1) is 13.1. The first-order valence-corrected chi connectivity index (χ1v) is 8.48. The van der Waals surface area contributed by atoms with Gasteiger partial charge in [-0.2, -0.15) is 5.10 Å². The molecule has 3 aromatic carbocycles. The van der Waals surface area contributed by atoms with E-state index < -0.39 is 5.91 Å². The van der Waals surface area contributed by atoms with Crippen molar-refractivity contribution in [3.05, 3.63) is 65.7 Å². The van der Waals surface area contributed by atoms with Gasteiger partial charge in [0.25, 0.3) is 5.91 Å². The maximum atomic E-state index is 12.4. The van der Waals surface area contributed by atoms with Crippen LogP contribution in [0.4, 0.5) is 0 Å². The molecule has 3 rings (SSSR count). The van der Waals surface area contributed by atoms with Crippen molar-refractivity contribution in [2.24, 2.45) is 5.10 Å². The summed E-state index contributed by atoms with van der Waals surface area (Å²) in [5.41, 5.74) is 3.25. The van der Waals surface area contributed by atoms with Crippen LogP contribution < -0.4 is 14.9 Å². The average Bonchev–Trinajstić information content (AvgIpc) is 2.68. The Bertz CT molecular complexity index is 999. The molecule has 0 atom stereocenters. The Balaban J connectivity index is 1.80. The molecule has 3 aromatic rings. The Kier molecular flexibility index (Phi) is 5.56. The first-order valence-electron chi connectivity index (χ1n) is 8.48. The van der Waals surface area contributed by atoms with E-state index in [1.165, 1.54) is 6.21 Å². The van der Waals surface area contributed by atoms with Gasteiger partial charge in [-0.05, 0) is 48.0 Å². The molecule has 0 spiro atoms. The quantitative estimate of drug-likeness (QED) is 0.516. The Morgan fingerprint density at radius 3 is 2.59 bits per heavy atom. The lowest BCUT2D eigenvalue weighted by atomic mass is 10.1. The number of rotatable bonds is 6. The largest absolute Gasteiger partial charge is 0.507 e. The fourth-order valence-corrected chi connectivity index (χ4v) is 2.67. The van der Waals surface area contributed by atoms with Crippen LogP contribution in [0.3, 0.4) is 0 Å². The zero-order valence-corrected chi connectivity index (χ0v) is 15.1. The molecule has 6 nitrogen and oxygen atoms in total. The van der Waals surface area contributed by atoms with E-state index in [-0.39, 0.29) is 11.3 Å². The van der Waals surface area contributed by atoms with Crippen molar-refractivity contribution in [3.63, 3.8) is 0 Å². The molecule has 0 saturated carbocycles. The number of nitrogens with zero attached hydrogens (tertiary/aromatic N) is 1. The predicted molar refractivity (Wildman–Crippen MR) is 105 cm³/mol. The first kappa shape index (κ1) is 18.3. The van der Waals surface area contributed by atoms with Crippen molar-refractivity contribution in [2.45, 2.75) is 6.92 Å². The zero-order valence-electron chi connectivity index (χ0n) is 15.1. The highest BCUT2D eigenvalue weighted by molar-refractivity contribution is 6.01. The summed E-state index contributed by atoms with van der Waals surface area (Å²) in [4.78, 5) is 12.4. The van der Waals surface area contributed by atoms with Crippen molar-refractivity contribution in [3.8, 4) is 17.2 Å². The summed E-state index contributed by atoms with van der Waals surface area (Å²) in [6.45, 7) is 2.39. The normalized spacial score (nSPS) is 10.9. The van der Waals surface area contributed by atoms with E-state index in [0.29, 0.717) is 23.7 Å². The number of carbonyl (C=O) groups is 1. The lowest BCUT2D eigenvalue weighted by Gasteiger charge is -2.09. The van der Waals surface area contributed by atoms with Crippen molar-refractivity contribution in [1.82, 2.24) is 5.43 Å². The second-order valence-electron chi connectivity index (χ2n) is 5.75. The van der Waals surface area contributed by atoms with Gasteiger partial charge in [0.15, 0.2) is 0 Å². The number of hydrogen-bond acceptors (Lipinski definition) is 5. The lowest BCUT2D eigenvalue weighted by molar-refractivity contribution is 0.0952. The standard InChI is InChI=1S/C21H20N2O4/c1-3-27-20-9-8-17(26-2)10-16(20)13-22-23-21(25)18-11-14-6-4-5-7-15(14)12-19(18)24/h4-13,24H,3H2,1-2H3,(H,23,25). The van der Waals surface area contributed by atoms with Crippen molar-refractivity contribution in [1.29, 1.82) is 0 Å². The molecular weight excluding hydrogens is 344 g/mol. The second kappa shape index (κ2) is 8.23. The molecule has 0 aromatic heterocycles. The molecule has 0 unspecified atom stereocenters. The monoisotopic (exact) mass is 364 g/mol. The molecule has 6 heteroatoms. The molecule has 0 radical (unpaired) electrons. The van der Waals surface area contributed by atoms with Crippen molar-refractivity contribution < 1.29 is 19.4 Å². The number of aromatic hydroxyl groups is 1. The van der Waals surface area contributed by atoms with Crippen LogP contribution in [0.25, 0.3) is 10.8 Å². The van der Waals surface area contributed by atoms with Crippen LogP contribution in [-0.2, 0) is 0 Å². The number of ether oxygens (including phenoxy) is 2. The van der Waals surface area contributed by atoms with Gasteiger partial charge < -0.3 is 14.6 Å². The van der Waals surface area contributed by atoms with Gasteiger partial charge in [-0.15, -0.1) is 0 Å². The van der Waals surface area contributed by atoms with Crippen LogP contribution >= 0.6 is 0 Å². The van der Waals surface area contributed by atoms with Gasteiger partial charge in [-0.25, -0.2) is 5.43 Å². The van der Waals surface area contributed by atoms with E-state index in [9.17, 15) is 9.90 Å². The van der Waals surface area contributed by atoms with E-state index >= 15 is 0 Å². The summed E-state index contributed by atoms with van der Waals surface area (Å²) in [5, 5.41) is 15.8. The number of benzene rings is 3. The molecule has 0 saturated heterocycles. The summed E-state index contributed by atoms with van der Waals surface area (Å²) in [6.07, 6.45) is 1.48. The summed E-state index contributed by atoms with van der Waals surface area (Å²) in [6, 6.07) is 16.0. The topological polar surface area (TPSA) is 80.2 Å². The van der Waals surface area contributed by atoms with Crippen LogP contribution in [-0.4, -0.2) is 30.9 Å². The van der Waals surface area contributed by atoms with Gasteiger partial charge >= 0.3 is 0 Å². The SMILES string of the molecule is CCOc1ccc(OC)cc1C=NNC(=O)c1cc2ccccc2cc1O. The van der Waals surface area contributed by atoms with E-state index in [0.717, 1.165) is 10.8 Å². The highest BCUT2D eigenvalue weighted by Crippen LogP contribution is 2.25. The van der Waals surface area contributed by atoms with E-state index in [1.54, 1.807) is 37.4 Å². The number of phenolic OH excluding ortho intramolecular Hbond substituents is 1. The Morgan fingerprint density at radius 2 is 1.89 bits per heavy atom. The van der Waals surface area contributed by atoms with E-state index in [4.69, 9.17) is 9.47 Å². The minimum absolute atomic E-state index is 0.0993. The van der Waals surface area contributed by atoms with E-state index in [2.05, 4.69) is 10.5 Å². The van der Waals surface area contributed by atoms with Crippen LogP contribution in [0.1, 0.15) is 22.8 Å². The molecule has 0 heterocycles. The van der Waals surface area contributed by atoms with Gasteiger partial charge in [0.1, 0.15) is 17.2 Å². The number of hydrazone groups is 1. The number of methoxy groups -OCH3 is 1. The third-order valence-corrected chi connectivity index (χ3v) is 4.00. The fourth-order valence-electron chi connectivity index (χ4n) is 2.67. The van der Waals surface area contributed by atoms with Crippen LogP contribution in [0, 0.1) is 0 Å². The van der Waals surface area contributed by atoms with Gasteiger partial charge in [0.2, 0.25) is 0 Å².